The number of non-ortho nitro benzene ring substituents is 1. The fourth-order valence-electron chi connectivity index (χ4n) is 2.72. The van der Waals surface area contributed by atoms with Gasteiger partial charge in [0, 0.05) is 25.0 Å². The number of carbonyl (C=O) groups excluding carboxylic acids is 1. The van der Waals surface area contributed by atoms with Gasteiger partial charge in [-0.15, -0.1) is 0 Å². The van der Waals surface area contributed by atoms with Crippen LogP contribution in [0.1, 0.15) is 19.8 Å². The standard InChI is InChI=1S/C16H18N4O4/c1-11-15(10-17-9-14-3-2-8-24-14)16(21)19(18-11)12-4-6-13(7-5-12)20(22)23/h4-7,10,14-15H,2-3,8-9H2,1H3/t14-,15-/m1/s1. The number of benzene rings is 1. The SMILES string of the molecule is CC1=NN(c2ccc([N+](=O)[O-])cc2)C(=O)[C@@H]1C=NC[C@H]1CCCO1. The largest absolute Gasteiger partial charge is 0.376 e. The Labute approximate surface area is 139 Å². The predicted molar refractivity (Wildman–Crippen MR) is 89.5 cm³/mol. The molecule has 8 nitrogen and oxygen atoms in total. The maximum Gasteiger partial charge on any atom is 0.269 e. The summed E-state index contributed by atoms with van der Waals surface area (Å²) in [5, 5.41) is 16.2. The summed E-state index contributed by atoms with van der Waals surface area (Å²) in [6, 6.07) is 5.73. The fraction of sp³-hybridized carbons (Fsp3) is 0.438. The Balaban J connectivity index is 1.67. The lowest BCUT2D eigenvalue weighted by atomic mass is 10.1. The van der Waals surface area contributed by atoms with E-state index in [0.29, 0.717) is 17.9 Å². The summed E-state index contributed by atoms with van der Waals surface area (Å²) in [5.41, 5.74) is 1.12. The Morgan fingerprint density at radius 3 is 2.83 bits per heavy atom. The highest BCUT2D eigenvalue weighted by atomic mass is 16.6. The van der Waals surface area contributed by atoms with Crippen molar-refractivity contribution in [1.82, 2.24) is 0 Å². The zero-order valence-corrected chi connectivity index (χ0v) is 13.3. The summed E-state index contributed by atoms with van der Waals surface area (Å²) in [7, 11) is 0. The monoisotopic (exact) mass is 330 g/mol. The van der Waals surface area contributed by atoms with Crippen LogP contribution in [0.5, 0.6) is 0 Å². The van der Waals surface area contributed by atoms with Crippen molar-refractivity contribution in [3.8, 4) is 0 Å². The lowest BCUT2D eigenvalue weighted by molar-refractivity contribution is -0.384. The van der Waals surface area contributed by atoms with E-state index in [0.717, 1.165) is 19.4 Å². The topological polar surface area (TPSA) is 97.4 Å². The number of nitro groups is 1. The zero-order chi connectivity index (χ0) is 17.1. The van der Waals surface area contributed by atoms with Crippen molar-refractivity contribution >= 4 is 29.2 Å². The Morgan fingerprint density at radius 1 is 1.46 bits per heavy atom. The van der Waals surface area contributed by atoms with Gasteiger partial charge < -0.3 is 4.74 Å². The highest BCUT2D eigenvalue weighted by Crippen LogP contribution is 2.25. The van der Waals surface area contributed by atoms with Gasteiger partial charge in [0.1, 0.15) is 5.92 Å². The fourth-order valence-corrected chi connectivity index (χ4v) is 2.72. The maximum absolute atomic E-state index is 12.5. The van der Waals surface area contributed by atoms with E-state index in [1.54, 1.807) is 13.1 Å². The molecule has 1 amide bonds. The Kier molecular flexibility index (Phi) is 4.66. The molecule has 2 heterocycles. The molecule has 1 aromatic rings. The smallest absolute Gasteiger partial charge is 0.269 e. The van der Waals surface area contributed by atoms with Gasteiger partial charge in [-0.3, -0.25) is 19.9 Å². The third kappa shape index (κ3) is 3.33. The molecule has 1 saturated heterocycles. The van der Waals surface area contributed by atoms with Crippen LogP contribution in [0.4, 0.5) is 11.4 Å². The number of hydrogen-bond acceptors (Lipinski definition) is 6. The molecule has 1 aromatic carbocycles. The lowest BCUT2D eigenvalue weighted by Crippen LogP contribution is -2.28. The summed E-state index contributed by atoms with van der Waals surface area (Å²) in [6.45, 7) is 3.09. The number of hydrogen-bond donors (Lipinski definition) is 0. The van der Waals surface area contributed by atoms with Gasteiger partial charge in [-0.05, 0) is 31.9 Å². The van der Waals surface area contributed by atoms with Crippen LogP contribution in [0.15, 0.2) is 34.4 Å². The van der Waals surface area contributed by atoms with Gasteiger partial charge >= 0.3 is 0 Å². The minimum atomic E-state index is -0.499. The number of aliphatic imine (C=N–C) groups is 1. The number of hydrazone groups is 1. The van der Waals surface area contributed by atoms with E-state index in [2.05, 4.69) is 10.1 Å². The molecule has 24 heavy (non-hydrogen) atoms. The van der Waals surface area contributed by atoms with Crippen molar-refractivity contribution < 1.29 is 14.5 Å². The van der Waals surface area contributed by atoms with Gasteiger partial charge in [-0.1, -0.05) is 0 Å². The number of nitro benzene ring substituents is 1. The van der Waals surface area contributed by atoms with Gasteiger partial charge in [0.15, 0.2) is 0 Å². The Morgan fingerprint density at radius 2 is 2.21 bits per heavy atom. The van der Waals surface area contributed by atoms with Crippen LogP contribution >= 0.6 is 0 Å². The zero-order valence-electron chi connectivity index (χ0n) is 13.3. The average Bonchev–Trinajstić information content (AvgIpc) is 3.18. The molecule has 0 radical (unpaired) electrons. The number of anilines is 1. The first-order valence-corrected chi connectivity index (χ1v) is 7.81. The molecule has 2 aliphatic heterocycles. The van der Waals surface area contributed by atoms with Gasteiger partial charge in [0.25, 0.3) is 11.6 Å². The van der Waals surface area contributed by atoms with Crippen molar-refractivity contribution in [3.63, 3.8) is 0 Å². The molecule has 0 aromatic heterocycles. The van der Waals surface area contributed by atoms with E-state index in [9.17, 15) is 14.9 Å². The molecular weight excluding hydrogens is 312 g/mol. The lowest BCUT2D eigenvalue weighted by Gasteiger charge is -2.12. The number of amides is 1. The van der Waals surface area contributed by atoms with E-state index in [1.807, 2.05) is 0 Å². The van der Waals surface area contributed by atoms with Crippen LogP contribution in [0, 0.1) is 16.0 Å². The Bertz CT molecular complexity index is 693. The first-order chi connectivity index (χ1) is 11.6. The summed E-state index contributed by atoms with van der Waals surface area (Å²) in [4.78, 5) is 27.1. The predicted octanol–water partition coefficient (Wildman–Crippen LogP) is 2.18. The molecule has 0 spiro atoms. The number of nitrogens with zero attached hydrogens (tertiary/aromatic N) is 4. The number of rotatable bonds is 5. The van der Waals surface area contributed by atoms with Crippen molar-refractivity contribution in [1.29, 1.82) is 0 Å². The number of carbonyl (C=O) groups is 1. The molecule has 3 rings (SSSR count). The second-order valence-electron chi connectivity index (χ2n) is 5.79. The third-order valence-electron chi connectivity index (χ3n) is 4.08. The summed E-state index contributed by atoms with van der Waals surface area (Å²) < 4.78 is 5.50. The minimum Gasteiger partial charge on any atom is -0.376 e. The van der Waals surface area contributed by atoms with Gasteiger partial charge in [-0.2, -0.15) is 10.1 Å². The van der Waals surface area contributed by atoms with Crippen LogP contribution in [-0.2, 0) is 9.53 Å². The van der Waals surface area contributed by atoms with Crippen molar-refractivity contribution in [2.45, 2.75) is 25.9 Å². The Hall–Kier alpha value is -2.61. The minimum absolute atomic E-state index is 0.0271. The molecule has 0 aliphatic carbocycles. The molecule has 1 fully saturated rings. The molecule has 0 saturated carbocycles. The normalized spacial score (nSPS) is 24.0. The first-order valence-electron chi connectivity index (χ1n) is 7.81. The van der Waals surface area contributed by atoms with Crippen molar-refractivity contribution in [2.75, 3.05) is 18.2 Å². The number of ether oxygens (including phenoxy) is 1. The summed E-state index contributed by atoms with van der Waals surface area (Å²) in [5.74, 6) is -0.709. The molecule has 0 N–H and O–H groups in total. The van der Waals surface area contributed by atoms with Crippen LogP contribution in [0.3, 0.4) is 0 Å². The van der Waals surface area contributed by atoms with E-state index < -0.39 is 10.8 Å². The van der Waals surface area contributed by atoms with Crippen LogP contribution in [-0.4, -0.2) is 42.0 Å². The first kappa shape index (κ1) is 16.3. The molecule has 8 heteroatoms. The molecular formula is C16H18N4O4. The van der Waals surface area contributed by atoms with E-state index in [1.165, 1.54) is 29.3 Å². The second-order valence-corrected chi connectivity index (χ2v) is 5.79. The highest BCUT2D eigenvalue weighted by Gasteiger charge is 2.33. The van der Waals surface area contributed by atoms with Crippen LogP contribution in [0.2, 0.25) is 0 Å². The van der Waals surface area contributed by atoms with Crippen molar-refractivity contribution in [3.05, 3.63) is 34.4 Å². The summed E-state index contributed by atoms with van der Waals surface area (Å²) in [6.07, 6.45) is 3.81. The average molecular weight is 330 g/mol. The quantitative estimate of drug-likeness (QED) is 0.469. The summed E-state index contributed by atoms with van der Waals surface area (Å²) >= 11 is 0. The van der Waals surface area contributed by atoms with Gasteiger partial charge in [-0.25, -0.2) is 0 Å². The molecule has 0 bridgehead atoms. The van der Waals surface area contributed by atoms with E-state index >= 15 is 0 Å². The van der Waals surface area contributed by atoms with Gasteiger partial charge in [0.05, 0.1) is 29.0 Å². The van der Waals surface area contributed by atoms with Crippen LogP contribution < -0.4 is 5.01 Å². The van der Waals surface area contributed by atoms with Crippen LogP contribution in [0.25, 0.3) is 0 Å². The van der Waals surface area contributed by atoms with Crippen molar-refractivity contribution in [2.24, 2.45) is 16.0 Å². The molecule has 126 valence electrons. The molecule has 2 aliphatic rings. The highest BCUT2D eigenvalue weighted by molar-refractivity contribution is 6.23. The second kappa shape index (κ2) is 6.88. The molecule has 0 unspecified atom stereocenters. The van der Waals surface area contributed by atoms with E-state index in [-0.39, 0.29) is 17.7 Å². The maximum atomic E-state index is 12.5. The third-order valence-corrected chi connectivity index (χ3v) is 4.08. The van der Waals surface area contributed by atoms with E-state index in [4.69, 9.17) is 4.74 Å². The molecule has 2 atom stereocenters. The van der Waals surface area contributed by atoms with Gasteiger partial charge in [0.2, 0.25) is 0 Å².